The lowest BCUT2D eigenvalue weighted by molar-refractivity contribution is 0.359. The van der Waals surface area contributed by atoms with Gasteiger partial charge in [-0.1, -0.05) is 32.9 Å². The van der Waals surface area contributed by atoms with E-state index in [9.17, 15) is 8.42 Å². The molecular formula is C14H23NO2S. The summed E-state index contributed by atoms with van der Waals surface area (Å²) in [6, 6.07) is 7.30. The van der Waals surface area contributed by atoms with Crippen LogP contribution in [0.2, 0.25) is 0 Å². The number of sulfone groups is 1. The van der Waals surface area contributed by atoms with E-state index in [0.717, 1.165) is 12.1 Å². The van der Waals surface area contributed by atoms with Crippen LogP contribution in [0.15, 0.2) is 29.2 Å². The first-order valence-corrected chi connectivity index (χ1v) is 8.02. The van der Waals surface area contributed by atoms with Crippen LogP contribution < -0.4 is 5.32 Å². The fourth-order valence-electron chi connectivity index (χ4n) is 1.58. The highest BCUT2D eigenvalue weighted by Gasteiger charge is 2.13. The normalized spacial score (nSPS) is 14.5. The van der Waals surface area contributed by atoms with Crippen molar-refractivity contribution in [3.8, 4) is 0 Å². The van der Waals surface area contributed by atoms with Crippen LogP contribution in [0, 0.1) is 5.41 Å². The van der Waals surface area contributed by atoms with Crippen molar-refractivity contribution in [2.45, 2.75) is 38.6 Å². The maximum atomic E-state index is 11.4. The molecule has 0 aliphatic carbocycles. The van der Waals surface area contributed by atoms with E-state index < -0.39 is 9.84 Å². The largest absolute Gasteiger partial charge is 0.310 e. The molecule has 3 nitrogen and oxygen atoms in total. The summed E-state index contributed by atoms with van der Waals surface area (Å²) in [4.78, 5) is 0.370. The molecule has 1 N–H and O–H groups in total. The first kappa shape index (κ1) is 15.2. The minimum atomic E-state index is -3.10. The third-order valence-corrected chi connectivity index (χ3v) is 3.88. The molecule has 0 radical (unpaired) electrons. The van der Waals surface area contributed by atoms with Gasteiger partial charge in [0.15, 0.2) is 9.84 Å². The maximum Gasteiger partial charge on any atom is 0.175 e. The quantitative estimate of drug-likeness (QED) is 0.914. The first-order chi connectivity index (χ1) is 8.09. The zero-order valence-electron chi connectivity index (χ0n) is 11.8. The van der Waals surface area contributed by atoms with Crippen molar-refractivity contribution in [1.82, 2.24) is 5.32 Å². The van der Waals surface area contributed by atoms with Crippen molar-refractivity contribution in [3.05, 3.63) is 29.8 Å². The Hall–Kier alpha value is -0.870. The molecule has 0 bridgehead atoms. The van der Waals surface area contributed by atoms with Gasteiger partial charge >= 0.3 is 0 Å². The molecule has 0 aliphatic rings. The number of hydrogen-bond donors (Lipinski definition) is 1. The van der Waals surface area contributed by atoms with Gasteiger partial charge in [-0.05, 0) is 30.0 Å². The molecule has 1 aromatic rings. The summed E-state index contributed by atoms with van der Waals surface area (Å²) in [5.74, 6) is 0. The third-order valence-electron chi connectivity index (χ3n) is 2.75. The topological polar surface area (TPSA) is 46.2 Å². The van der Waals surface area contributed by atoms with Gasteiger partial charge in [-0.3, -0.25) is 0 Å². The van der Waals surface area contributed by atoms with Gasteiger partial charge in [0.05, 0.1) is 4.90 Å². The molecule has 18 heavy (non-hydrogen) atoms. The van der Waals surface area contributed by atoms with Crippen molar-refractivity contribution in [1.29, 1.82) is 0 Å². The minimum Gasteiger partial charge on any atom is -0.310 e. The van der Waals surface area contributed by atoms with Crippen molar-refractivity contribution >= 4 is 9.84 Å². The predicted octanol–water partition coefficient (Wildman–Crippen LogP) is 2.79. The minimum absolute atomic E-state index is 0.220. The Kier molecular flexibility index (Phi) is 4.56. The third kappa shape index (κ3) is 4.78. The van der Waals surface area contributed by atoms with Gasteiger partial charge in [-0.2, -0.15) is 0 Å². The molecular weight excluding hydrogens is 246 g/mol. The standard InChI is InChI=1S/C14H23NO2S/c1-11(15-10-14(2,3)4)12-6-8-13(9-7-12)18(5,16)17/h6-9,11,15H,10H2,1-5H3. The van der Waals surface area contributed by atoms with E-state index in [2.05, 4.69) is 33.0 Å². The molecule has 1 unspecified atom stereocenters. The first-order valence-electron chi connectivity index (χ1n) is 6.13. The average molecular weight is 269 g/mol. The second kappa shape index (κ2) is 5.41. The Balaban J connectivity index is 2.74. The lowest BCUT2D eigenvalue weighted by Crippen LogP contribution is -2.29. The Bertz CT molecular complexity index is 484. The summed E-state index contributed by atoms with van der Waals surface area (Å²) in [6.45, 7) is 9.54. The van der Waals surface area contributed by atoms with Crippen LogP contribution in [-0.4, -0.2) is 21.2 Å². The molecule has 0 heterocycles. The Morgan fingerprint density at radius 1 is 1.17 bits per heavy atom. The van der Waals surface area contributed by atoms with Gasteiger partial charge in [-0.25, -0.2) is 8.42 Å². The zero-order valence-corrected chi connectivity index (χ0v) is 12.6. The Morgan fingerprint density at radius 2 is 1.67 bits per heavy atom. The predicted molar refractivity (Wildman–Crippen MR) is 75.4 cm³/mol. The number of nitrogens with one attached hydrogen (secondary N) is 1. The fraction of sp³-hybridized carbons (Fsp3) is 0.571. The molecule has 1 atom stereocenters. The molecule has 0 aliphatic heterocycles. The molecule has 102 valence electrons. The van der Waals surface area contributed by atoms with Crippen LogP contribution in [0.25, 0.3) is 0 Å². The van der Waals surface area contributed by atoms with Crippen LogP contribution in [0.4, 0.5) is 0 Å². The summed E-state index contributed by atoms with van der Waals surface area (Å²) in [7, 11) is -3.10. The van der Waals surface area contributed by atoms with Crippen molar-refractivity contribution < 1.29 is 8.42 Å². The summed E-state index contributed by atoms with van der Waals surface area (Å²) in [5, 5.41) is 3.45. The summed E-state index contributed by atoms with van der Waals surface area (Å²) in [6.07, 6.45) is 1.23. The summed E-state index contributed by atoms with van der Waals surface area (Å²) in [5.41, 5.74) is 1.34. The van der Waals surface area contributed by atoms with E-state index in [1.165, 1.54) is 6.26 Å². The van der Waals surface area contributed by atoms with Gasteiger partial charge in [-0.15, -0.1) is 0 Å². The van der Waals surface area contributed by atoms with Gasteiger partial charge < -0.3 is 5.32 Å². The van der Waals surface area contributed by atoms with Gasteiger partial charge in [0, 0.05) is 18.8 Å². The van der Waals surface area contributed by atoms with Crippen molar-refractivity contribution in [2.24, 2.45) is 5.41 Å². The van der Waals surface area contributed by atoms with Crippen molar-refractivity contribution in [2.75, 3.05) is 12.8 Å². The van der Waals surface area contributed by atoms with Crippen LogP contribution in [0.5, 0.6) is 0 Å². The maximum absolute atomic E-state index is 11.4. The van der Waals surface area contributed by atoms with E-state index in [1.807, 2.05) is 12.1 Å². The average Bonchev–Trinajstić information content (AvgIpc) is 2.24. The zero-order chi connectivity index (χ0) is 14.0. The van der Waals surface area contributed by atoms with E-state index >= 15 is 0 Å². The smallest absolute Gasteiger partial charge is 0.175 e. The number of hydrogen-bond acceptors (Lipinski definition) is 3. The summed E-state index contributed by atoms with van der Waals surface area (Å²) >= 11 is 0. The number of benzene rings is 1. The lowest BCUT2D eigenvalue weighted by atomic mass is 9.96. The lowest BCUT2D eigenvalue weighted by Gasteiger charge is -2.23. The molecule has 0 amide bonds. The monoisotopic (exact) mass is 269 g/mol. The molecule has 0 spiro atoms. The number of rotatable bonds is 4. The molecule has 0 saturated heterocycles. The van der Waals surface area contributed by atoms with E-state index in [1.54, 1.807) is 12.1 Å². The van der Waals surface area contributed by atoms with Crippen LogP contribution >= 0.6 is 0 Å². The van der Waals surface area contributed by atoms with Gasteiger partial charge in [0.25, 0.3) is 0 Å². The van der Waals surface area contributed by atoms with E-state index in [4.69, 9.17) is 0 Å². The molecule has 1 rings (SSSR count). The van der Waals surface area contributed by atoms with E-state index in [0.29, 0.717) is 4.90 Å². The SMILES string of the molecule is CC(NCC(C)(C)C)c1ccc(S(C)(=O)=O)cc1. The van der Waals surface area contributed by atoms with Crippen LogP contribution in [-0.2, 0) is 9.84 Å². The van der Waals surface area contributed by atoms with Crippen LogP contribution in [0.3, 0.4) is 0 Å². The molecule has 0 aromatic heterocycles. The van der Waals surface area contributed by atoms with Gasteiger partial charge in [0.1, 0.15) is 0 Å². The molecule has 0 saturated carbocycles. The Morgan fingerprint density at radius 3 is 2.06 bits per heavy atom. The highest BCUT2D eigenvalue weighted by Crippen LogP contribution is 2.18. The second-order valence-electron chi connectivity index (χ2n) is 6.00. The molecule has 4 heteroatoms. The van der Waals surface area contributed by atoms with Crippen molar-refractivity contribution in [3.63, 3.8) is 0 Å². The van der Waals surface area contributed by atoms with E-state index in [-0.39, 0.29) is 11.5 Å². The van der Waals surface area contributed by atoms with Gasteiger partial charge in [0.2, 0.25) is 0 Å². The summed E-state index contributed by atoms with van der Waals surface area (Å²) < 4.78 is 22.7. The fourth-order valence-corrected chi connectivity index (χ4v) is 2.21. The second-order valence-corrected chi connectivity index (χ2v) is 8.02. The molecule has 1 aromatic carbocycles. The molecule has 0 fully saturated rings. The Labute approximate surface area is 111 Å². The van der Waals surface area contributed by atoms with Crippen LogP contribution in [0.1, 0.15) is 39.3 Å². The highest BCUT2D eigenvalue weighted by atomic mass is 32.2. The highest BCUT2D eigenvalue weighted by molar-refractivity contribution is 7.90.